The van der Waals surface area contributed by atoms with Crippen LogP contribution in [-0.2, 0) is 45.5 Å². The number of carbonyl (C=O) groups excluding carboxylic acids is 1. The molecule has 3 aliphatic carbocycles. The largest absolute Gasteiger partial charge is 0.508 e. The fraction of sp³-hybridized carbons (Fsp3) is 0.461. The van der Waals surface area contributed by atoms with Gasteiger partial charge in [-0.1, -0.05) is 131 Å². The Balaban J connectivity index is 1.06. The van der Waals surface area contributed by atoms with Gasteiger partial charge in [-0.05, 0) is 139 Å². The number of nitrogens with two attached hydrogens (primary N) is 1. The van der Waals surface area contributed by atoms with Crippen molar-refractivity contribution in [3.63, 3.8) is 0 Å². The van der Waals surface area contributed by atoms with Gasteiger partial charge in [0.25, 0.3) is 0 Å². The minimum Gasteiger partial charge on any atom is -0.508 e. The van der Waals surface area contributed by atoms with Crippen molar-refractivity contribution in [2.24, 2.45) is 35.3 Å². The molecule has 5 aromatic carbocycles. The molecule has 13 nitrogen and oxygen atoms in total. The van der Waals surface area contributed by atoms with E-state index in [0.29, 0.717) is 60.1 Å². The van der Waals surface area contributed by atoms with Gasteiger partial charge < -0.3 is 60.7 Å². The van der Waals surface area contributed by atoms with Gasteiger partial charge in [-0.3, -0.25) is 4.79 Å². The van der Waals surface area contributed by atoms with Crippen LogP contribution in [0.25, 0.3) is 17.2 Å². The van der Waals surface area contributed by atoms with Crippen molar-refractivity contribution in [1.82, 2.24) is 16.0 Å². The predicted molar refractivity (Wildman–Crippen MR) is 360 cm³/mol. The van der Waals surface area contributed by atoms with E-state index in [1.807, 2.05) is 33.7 Å². The maximum Gasteiger partial charge on any atom is 0.302 e. The molecule has 3 fully saturated rings. The maximum atomic E-state index is 13.8. The van der Waals surface area contributed by atoms with Crippen LogP contribution in [0.15, 0.2) is 114 Å². The number of aryl methyl sites for hydroxylation is 1. The summed E-state index contributed by atoms with van der Waals surface area (Å²) in [6.45, 7) is 2.32. The Bertz CT molecular complexity index is 3790. The fourth-order valence-electron chi connectivity index (χ4n) is 17.0. The summed E-state index contributed by atoms with van der Waals surface area (Å²) in [5.41, 5.74) is 18.4. The lowest BCUT2D eigenvalue weighted by Crippen LogP contribution is -2.52. The summed E-state index contributed by atoms with van der Waals surface area (Å²) in [7, 11) is 7.19. The van der Waals surface area contributed by atoms with E-state index in [1.54, 1.807) is 20.3 Å². The molecule has 1 unspecified atom stereocenters. The predicted octanol–water partition coefficient (Wildman–Crippen LogP) is 11.9. The Morgan fingerprint density at radius 2 is 1.74 bits per heavy atom. The highest BCUT2D eigenvalue weighted by Gasteiger charge is 2.53. The topological polar surface area (TPSA) is 186 Å². The van der Waals surface area contributed by atoms with Crippen molar-refractivity contribution in [3.05, 3.63) is 164 Å². The first kappa shape index (κ1) is 61.7. The second kappa shape index (κ2) is 26.7. The maximum absolute atomic E-state index is 13.8. The molecule has 14 atom stereocenters. The van der Waals surface area contributed by atoms with Crippen LogP contribution in [0, 0.1) is 53.3 Å². The number of phenolic OH excluding ortho intramolecular Hbond substituents is 2. The molecule has 0 aromatic heterocycles. The Kier molecular flexibility index (Phi) is 18.1. The number of hydrogen-bond acceptors (Lipinski definition) is 15. The monoisotopic (exact) mass is 1260 g/mol. The lowest BCUT2D eigenvalue weighted by Gasteiger charge is -2.40. The zero-order chi connectivity index (χ0) is 62.3. The fourth-order valence-corrected chi connectivity index (χ4v) is 20.2. The van der Waals surface area contributed by atoms with Gasteiger partial charge in [-0.25, -0.2) is 0 Å². The quantitative estimate of drug-likeness (QED) is 0.0376. The van der Waals surface area contributed by atoms with Gasteiger partial charge in [0.1, 0.15) is 42.0 Å². The number of carbonyl (C=O) groups is 1. The number of benzene rings is 5. The number of methoxy groups -OCH3 is 2. The molecule has 0 radical (unpaired) electrons. The van der Waals surface area contributed by atoms with Crippen molar-refractivity contribution in [2.75, 3.05) is 46.3 Å². The highest BCUT2D eigenvalue weighted by molar-refractivity contribution is 8.77. The highest BCUT2D eigenvalue weighted by atomic mass is 33.1. The van der Waals surface area contributed by atoms with Crippen LogP contribution in [0.3, 0.4) is 0 Å². The van der Waals surface area contributed by atoms with Crippen molar-refractivity contribution in [3.8, 4) is 63.6 Å². The standard InChI is InChI=1S/C76H84N4O9S2/c1-44(82)87-42-61-57-23-24-58-67-51(34-54(83)35-64(67)86-3)37-76-31-30-49(36-76)55(22-20-45-12-6-4-7-13-45)56-26-29-66(77)80-62(56)27-21-48-17-11-18-50(41-85-2)52(40-81)38-78-39-60-68(48)69(72(61)88-73(57)70(58)76)59-25-28-63-75(89-74(59)71(60)84)65(33-46-14-8-5-9-15-46)91-90-43-47-16-10-19-53(32-47)79-63/h4-9,12-15,23-26,28-29,34-35,47-50,52-53,55,61,63,65-66,72,75,78-81,83-84H,10,16,18-20,22,30-33,36-43,77H2,1-3H3/t47-,48+,49-,50-,52+,53+,55-,61+,63+,65+,66?,72+,75+,76+/m1/s1. The second-order valence-electron chi connectivity index (χ2n) is 26.9. The minimum atomic E-state index is -0.850. The van der Waals surface area contributed by atoms with Crippen LogP contribution in [0.4, 0.5) is 0 Å². The Labute approximate surface area is 543 Å². The molecule has 6 bridgehead atoms. The van der Waals surface area contributed by atoms with E-state index in [0.717, 1.165) is 114 Å². The summed E-state index contributed by atoms with van der Waals surface area (Å²) < 4.78 is 34.2. The number of aliphatic hydroxyl groups is 1. The number of dihydropyridines is 1. The molecule has 1 saturated heterocycles. The molecule has 474 valence electrons. The number of aromatic hydroxyl groups is 2. The number of allylic oxidation sites excluding steroid dienone is 3. The molecule has 91 heavy (non-hydrogen) atoms. The Morgan fingerprint density at radius 3 is 2.54 bits per heavy atom. The molecule has 6 aliphatic heterocycles. The number of esters is 1. The van der Waals surface area contributed by atoms with Crippen LogP contribution >= 0.6 is 21.6 Å². The lowest BCUT2D eigenvalue weighted by atomic mass is 9.64. The average molecular weight is 1260 g/mol. The van der Waals surface area contributed by atoms with E-state index < -0.39 is 41.6 Å². The summed E-state index contributed by atoms with van der Waals surface area (Å²) in [5.74, 6) is 16.5. The summed E-state index contributed by atoms with van der Waals surface area (Å²) in [5, 5.41) is 48.0. The third-order valence-electron chi connectivity index (χ3n) is 21.3. The van der Waals surface area contributed by atoms with E-state index >= 15 is 0 Å². The first-order chi connectivity index (χ1) is 44.5. The lowest BCUT2D eigenvalue weighted by molar-refractivity contribution is -0.141. The molecule has 5 aromatic rings. The Hall–Kier alpha value is -6.79. The molecular weight excluding hydrogens is 1180 g/mol. The van der Waals surface area contributed by atoms with Crippen molar-refractivity contribution in [1.29, 1.82) is 0 Å². The molecule has 1 spiro atoms. The van der Waals surface area contributed by atoms with Crippen LogP contribution < -0.4 is 35.9 Å². The molecular formula is C76H84N4O9S2. The van der Waals surface area contributed by atoms with Crippen LogP contribution in [0.2, 0.25) is 0 Å². The third kappa shape index (κ3) is 12.2. The van der Waals surface area contributed by atoms with Crippen molar-refractivity contribution < 1.29 is 43.8 Å². The SMILES string of the molecule is COC[C@H]1CC#C[C@H]2C#CC3=C(C=CC(N)N3)[C@H](CCc3ccccc3)[C@@H]3CC[C@@]4(Cc5cc(O)cc(OC)c5-c5ccc6c(c54)O[C@H](c4c5c(c(O)c(c42)CNC[C@H]1CO)O[C@H]1[C@H](C=C5)N[C@H]2CCC[C@@H](CSS[C@H]1Cc1ccccc1)C2)[C@H]6COC(C)=O)C3. The number of phenols is 2. The van der Waals surface area contributed by atoms with Gasteiger partial charge in [0.05, 0.1) is 42.8 Å². The van der Waals surface area contributed by atoms with Gasteiger partial charge in [0.2, 0.25) is 0 Å². The van der Waals surface area contributed by atoms with Gasteiger partial charge in [-0.2, -0.15) is 0 Å². The number of fused-ring (bicyclic) bond motifs is 10. The van der Waals surface area contributed by atoms with Gasteiger partial charge >= 0.3 is 5.97 Å². The van der Waals surface area contributed by atoms with Crippen LogP contribution in [0.5, 0.6) is 28.7 Å². The molecule has 15 heteroatoms. The zero-order valence-corrected chi connectivity index (χ0v) is 53.9. The van der Waals surface area contributed by atoms with E-state index in [-0.39, 0.29) is 72.3 Å². The molecule has 6 heterocycles. The van der Waals surface area contributed by atoms with Crippen LogP contribution in [-0.4, -0.2) is 97.2 Å². The number of aliphatic hydroxyl groups excluding tert-OH is 1. The van der Waals surface area contributed by atoms with Gasteiger partial charge in [0, 0.05) is 103 Å². The zero-order valence-electron chi connectivity index (χ0n) is 52.3. The summed E-state index contributed by atoms with van der Waals surface area (Å²) >= 11 is 0. The normalized spacial score (nSPS) is 30.1. The second-order valence-corrected chi connectivity index (χ2v) is 29.5. The summed E-state index contributed by atoms with van der Waals surface area (Å²) in [6, 6.07) is 29.4. The first-order valence-electron chi connectivity index (χ1n) is 33.0. The molecule has 8 N–H and O–H groups in total. The molecule has 9 aliphatic rings. The number of hydrogen-bond donors (Lipinski definition) is 7. The summed E-state index contributed by atoms with van der Waals surface area (Å²) in [4.78, 5) is 13.4. The smallest absolute Gasteiger partial charge is 0.302 e. The number of rotatable bonds is 11. The van der Waals surface area contributed by atoms with Gasteiger partial charge in [0.15, 0.2) is 11.5 Å². The van der Waals surface area contributed by atoms with Crippen molar-refractivity contribution >= 4 is 33.6 Å². The average Bonchev–Trinajstić information content (AvgIpc) is 1.62. The van der Waals surface area contributed by atoms with E-state index in [1.165, 1.54) is 24.5 Å². The van der Waals surface area contributed by atoms with E-state index in [2.05, 4.69) is 131 Å². The first-order valence-corrected chi connectivity index (χ1v) is 35.4. The number of nitrogens with one attached hydrogen (secondary N) is 3. The van der Waals surface area contributed by atoms with Crippen LogP contribution in [0.1, 0.15) is 133 Å². The minimum absolute atomic E-state index is 0.00402. The highest BCUT2D eigenvalue weighted by Crippen LogP contribution is 2.64. The number of ether oxygens (including phenoxy) is 5. The van der Waals surface area contributed by atoms with E-state index in [9.17, 15) is 20.1 Å². The van der Waals surface area contributed by atoms with Crippen molar-refractivity contribution in [2.45, 2.75) is 143 Å². The molecule has 14 rings (SSSR count). The third-order valence-corrected chi connectivity index (χ3v) is 24.2. The van der Waals surface area contributed by atoms with Gasteiger partial charge in [-0.15, -0.1) is 5.92 Å². The molecule has 2 saturated carbocycles. The van der Waals surface area contributed by atoms with E-state index in [4.69, 9.17) is 29.4 Å². The summed E-state index contributed by atoms with van der Waals surface area (Å²) in [6.07, 6.45) is 17.5. The Morgan fingerprint density at radius 1 is 0.901 bits per heavy atom. The molecule has 0 amide bonds.